The molecule has 0 unspecified atom stereocenters. The van der Waals surface area contributed by atoms with E-state index in [4.69, 9.17) is 0 Å². The lowest BCUT2D eigenvalue weighted by molar-refractivity contribution is 1.48. The van der Waals surface area contributed by atoms with Crippen LogP contribution in [0.25, 0.3) is 66.7 Å². The zero-order valence-electron chi connectivity index (χ0n) is 20.8. The Labute approximate surface area is 212 Å². The number of rotatable bonds is 4. The molecule has 0 nitrogen and oxygen atoms in total. The molecule has 0 amide bonds. The summed E-state index contributed by atoms with van der Waals surface area (Å²) in [5, 5.41) is 7.69. The Hall–Kier alpha value is -4.42. The first-order valence-corrected chi connectivity index (χ1v) is 12.4. The summed E-state index contributed by atoms with van der Waals surface area (Å²) in [6.45, 7) is 12.8. The summed E-state index contributed by atoms with van der Waals surface area (Å²) in [6, 6.07) is 35.1. The Balaban J connectivity index is 1.59. The van der Waals surface area contributed by atoms with Crippen molar-refractivity contribution in [2.45, 2.75) is 13.8 Å². The Morgan fingerprint density at radius 1 is 0.417 bits per heavy atom. The van der Waals surface area contributed by atoms with Crippen LogP contribution in [0.3, 0.4) is 0 Å². The van der Waals surface area contributed by atoms with E-state index in [1.807, 2.05) is 12.2 Å². The van der Waals surface area contributed by atoms with Gasteiger partial charge >= 0.3 is 0 Å². The Morgan fingerprint density at radius 3 is 1.36 bits per heavy atom. The number of benzene rings is 6. The van der Waals surface area contributed by atoms with Crippen molar-refractivity contribution in [3.8, 4) is 22.3 Å². The molecule has 0 aliphatic heterocycles. The standard InChI is InChI=1S/C36H28/c1-5-27-28(6-2)35(23(3)29-13-7-9-15-31(27)29)25-19-21-26(22-20-25)36-24(4)30-14-8-10-16-32(30)33-17-11-12-18-34(33)36/h5-22H,1-2H2,3-4H3. The van der Waals surface area contributed by atoms with Gasteiger partial charge in [0, 0.05) is 0 Å². The topological polar surface area (TPSA) is 0 Å². The van der Waals surface area contributed by atoms with Crippen molar-refractivity contribution in [2.75, 3.05) is 0 Å². The molecule has 0 fully saturated rings. The molecule has 6 rings (SSSR count). The zero-order valence-corrected chi connectivity index (χ0v) is 20.8. The molecule has 0 aliphatic carbocycles. The number of hydrogen-bond acceptors (Lipinski definition) is 0. The van der Waals surface area contributed by atoms with Gasteiger partial charge in [0.1, 0.15) is 0 Å². The number of hydrogen-bond donors (Lipinski definition) is 0. The predicted octanol–water partition coefficient (Wildman–Crippen LogP) is 10.4. The second-order valence-corrected chi connectivity index (χ2v) is 9.45. The van der Waals surface area contributed by atoms with E-state index in [1.165, 1.54) is 65.7 Å². The SMILES string of the molecule is C=Cc1c(-c2ccc(-c3c(C)c4ccccc4c4ccccc34)cc2)c(C)c2ccccc2c1C=C. The third-order valence-corrected chi connectivity index (χ3v) is 7.62. The first-order chi connectivity index (χ1) is 17.6. The van der Waals surface area contributed by atoms with E-state index in [2.05, 4.69) is 124 Å². The maximum absolute atomic E-state index is 4.17. The lowest BCUT2D eigenvalue weighted by Gasteiger charge is -2.19. The molecule has 0 atom stereocenters. The third-order valence-electron chi connectivity index (χ3n) is 7.62. The molecule has 0 spiro atoms. The Kier molecular flexibility index (Phi) is 5.31. The van der Waals surface area contributed by atoms with Crippen LogP contribution in [0.4, 0.5) is 0 Å². The van der Waals surface area contributed by atoms with Gasteiger partial charge in [-0.05, 0) is 90.7 Å². The van der Waals surface area contributed by atoms with Crippen molar-refractivity contribution in [1.82, 2.24) is 0 Å². The van der Waals surface area contributed by atoms with Gasteiger partial charge in [0.05, 0.1) is 0 Å². The molecule has 0 radical (unpaired) electrons. The van der Waals surface area contributed by atoms with E-state index in [0.717, 1.165) is 11.1 Å². The average Bonchev–Trinajstić information content (AvgIpc) is 2.93. The van der Waals surface area contributed by atoms with E-state index < -0.39 is 0 Å². The van der Waals surface area contributed by atoms with E-state index >= 15 is 0 Å². The highest BCUT2D eigenvalue weighted by molar-refractivity contribution is 6.15. The largest absolute Gasteiger partial charge is 0.0984 e. The highest BCUT2D eigenvalue weighted by Crippen LogP contribution is 2.41. The minimum absolute atomic E-state index is 1.14. The Morgan fingerprint density at radius 2 is 0.806 bits per heavy atom. The van der Waals surface area contributed by atoms with Gasteiger partial charge in [-0.3, -0.25) is 0 Å². The van der Waals surface area contributed by atoms with E-state index in [0.29, 0.717) is 0 Å². The normalized spacial score (nSPS) is 11.3. The lowest BCUT2D eigenvalue weighted by Crippen LogP contribution is -1.95. The molecule has 0 N–H and O–H groups in total. The van der Waals surface area contributed by atoms with E-state index in [-0.39, 0.29) is 0 Å². The minimum Gasteiger partial charge on any atom is -0.0984 e. The van der Waals surface area contributed by atoms with Crippen LogP contribution in [0.15, 0.2) is 110 Å². The first-order valence-electron chi connectivity index (χ1n) is 12.4. The summed E-state index contributed by atoms with van der Waals surface area (Å²) in [6.07, 6.45) is 3.93. The van der Waals surface area contributed by atoms with Crippen molar-refractivity contribution in [3.05, 3.63) is 132 Å². The van der Waals surface area contributed by atoms with Crippen molar-refractivity contribution < 1.29 is 0 Å². The second-order valence-electron chi connectivity index (χ2n) is 9.45. The van der Waals surface area contributed by atoms with Crippen molar-refractivity contribution >= 4 is 44.5 Å². The van der Waals surface area contributed by atoms with Gasteiger partial charge in [-0.1, -0.05) is 122 Å². The van der Waals surface area contributed by atoms with Crippen LogP contribution in [0.2, 0.25) is 0 Å². The van der Waals surface area contributed by atoms with Gasteiger partial charge in [-0.2, -0.15) is 0 Å². The van der Waals surface area contributed by atoms with Crippen LogP contribution in [-0.2, 0) is 0 Å². The fourth-order valence-electron chi connectivity index (χ4n) is 5.96. The molecule has 36 heavy (non-hydrogen) atoms. The van der Waals surface area contributed by atoms with Crippen molar-refractivity contribution in [1.29, 1.82) is 0 Å². The number of aryl methyl sites for hydroxylation is 2. The van der Waals surface area contributed by atoms with Crippen LogP contribution < -0.4 is 0 Å². The highest BCUT2D eigenvalue weighted by atomic mass is 14.2. The first kappa shape index (κ1) is 22.1. The van der Waals surface area contributed by atoms with E-state index in [1.54, 1.807) is 0 Å². The smallest absolute Gasteiger partial charge is 0.00697 e. The highest BCUT2D eigenvalue weighted by Gasteiger charge is 2.17. The quantitative estimate of drug-likeness (QED) is 0.230. The van der Waals surface area contributed by atoms with Gasteiger partial charge in [0.2, 0.25) is 0 Å². The minimum atomic E-state index is 1.14. The van der Waals surface area contributed by atoms with Crippen LogP contribution in [0.5, 0.6) is 0 Å². The van der Waals surface area contributed by atoms with Gasteiger partial charge < -0.3 is 0 Å². The number of fused-ring (bicyclic) bond motifs is 4. The Bertz CT molecular complexity index is 1810. The molecule has 0 heterocycles. The predicted molar refractivity (Wildman–Crippen MR) is 159 cm³/mol. The summed E-state index contributed by atoms with van der Waals surface area (Å²) in [7, 11) is 0. The zero-order chi connectivity index (χ0) is 24.8. The third kappa shape index (κ3) is 3.22. The molecule has 0 aliphatic rings. The van der Waals surface area contributed by atoms with Gasteiger partial charge in [0.15, 0.2) is 0 Å². The van der Waals surface area contributed by atoms with Crippen LogP contribution in [-0.4, -0.2) is 0 Å². The summed E-state index contributed by atoms with van der Waals surface area (Å²) in [5.41, 5.74) is 9.84. The molecule has 0 aromatic heterocycles. The fraction of sp³-hybridized carbons (Fsp3) is 0.0556. The monoisotopic (exact) mass is 460 g/mol. The van der Waals surface area contributed by atoms with Crippen molar-refractivity contribution in [2.24, 2.45) is 0 Å². The maximum Gasteiger partial charge on any atom is -0.00697 e. The molecule has 0 bridgehead atoms. The molecular weight excluding hydrogens is 432 g/mol. The molecular formula is C36H28. The molecule has 6 aromatic rings. The molecule has 172 valence electrons. The van der Waals surface area contributed by atoms with Crippen LogP contribution >= 0.6 is 0 Å². The van der Waals surface area contributed by atoms with Crippen LogP contribution in [0.1, 0.15) is 22.3 Å². The van der Waals surface area contributed by atoms with Gasteiger partial charge in [0.25, 0.3) is 0 Å². The summed E-state index contributed by atoms with van der Waals surface area (Å²) in [5.74, 6) is 0. The average molecular weight is 461 g/mol. The molecule has 0 saturated heterocycles. The summed E-state index contributed by atoms with van der Waals surface area (Å²) >= 11 is 0. The molecule has 6 aromatic carbocycles. The lowest BCUT2D eigenvalue weighted by atomic mass is 9.85. The summed E-state index contributed by atoms with van der Waals surface area (Å²) in [4.78, 5) is 0. The van der Waals surface area contributed by atoms with E-state index in [9.17, 15) is 0 Å². The van der Waals surface area contributed by atoms with Gasteiger partial charge in [-0.25, -0.2) is 0 Å². The molecule has 0 heteroatoms. The van der Waals surface area contributed by atoms with Crippen molar-refractivity contribution in [3.63, 3.8) is 0 Å². The fourth-order valence-corrected chi connectivity index (χ4v) is 5.96. The summed E-state index contributed by atoms with van der Waals surface area (Å²) < 4.78 is 0. The molecule has 0 saturated carbocycles. The van der Waals surface area contributed by atoms with Crippen LogP contribution in [0, 0.1) is 13.8 Å². The van der Waals surface area contributed by atoms with Gasteiger partial charge in [-0.15, -0.1) is 0 Å². The maximum atomic E-state index is 4.17. The second kappa shape index (κ2) is 8.66.